The summed E-state index contributed by atoms with van der Waals surface area (Å²) >= 11 is 0. The summed E-state index contributed by atoms with van der Waals surface area (Å²) in [5.74, 6) is -0.235. The van der Waals surface area contributed by atoms with Gasteiger partial charge in [-0.15, -0.1) is 5.10 Å². The van der Waals surface area contributed by atoms with Gasteiger partial charge < -0.3 is 20.3 Å². The van der Waals surface area contributed by atoms with Crippen LogP contribution in [-0.2, 0) is 17.7 Å². The van der Waals surface area contributed by atoms with Gasteiger partial charge in [-0.05, 0) is 50.3 Å². The minimum Gasteiger partial charge on any atom is -0.376 e. The van der Waals surface area contributed by atoms with Gasteiger partial charge >= 0.3 is 6.03 Å². The highest BCUT2D eigenvalue weighted by Gasteiger charge is 2.25. The predicted octanol–water partition coefficient (Wildman–Crippen LogP) is 1.57. The minimum absolute atomic E-state index is 0.0457. The molecule has 1 atom stereocenters. The molecule has 2 aromatic rings. The molecule has 9 heteroatoms. The number of carbonyl (C=O) groups is 2. The van der Waals surface area contributed by atoms with Crippen molar-refractivity contribution in [2.24, 2.45) is 0 Å². The molecule has 3 heterocycles. The number of rotatable bonds is 5. The van der Waals surface area contributed by atoms with Crippen LogP contribution in [0.25, 0.3) is 5.69 Å². The predicted molar refractivity (Wildman–Crippen MR) is 111 cm³/mol. The third-order valence-corrected chi connectivity index (χ3v) is 5.71. The van der Waals surface area contributed by atoms with Crippen LogP contribution in [-0.4, -0.2) is 64.2 Å². The van der Waals surface area contributed by atoms with Crippen LogP contribution in [0.5, 0.6) is 0 Å². The van der Waals surface area contributed by atoms with Crippen LogP contribution in [0.4, 0.5) is 4.79 Å². The van der Waals surface area contributed by atoms with E-state index in [-0.39, 0.29) is 18.0 Å². The van der Waals surface area contributed by atoms with Crippen LogP contribution in [0, 0.1) is 6.92 Å². The summed E-state index contributed by atoms with van der Waals surface area (Å²) in [4.78, 5) is 26.6. The number of carbonyl (C=O) groups excluding carboxylic acids is 2. The Balaban J connectivity index is 1.52. The topological polar surface area (TPSA) is 101 Å². The summed E-state index contributed by atoms with van der Waals surface area (Å²) in [6, 6.07) is 5.92. The van der Waals surface area contributed by atoms with E-state index in [2.05, 4.69) is 20.9 Å². The number of nitrogens with zero attached hydrogens (tertiary/aromatic N) is 4. The summed E-state index contributed by atoms with van der Waals surface area (Å²) in [5.41, 5.74) is 4.15. The van der Waals surface area contributed by atoms with E-state index >= 15 is 0 Å². The first kappa shape index (κ1) is 20.3. The van der Waals surface area contributed by atoms with Gasteiger partial charge in [0.05, 0.1) is 17.5 Å². The molecule has 0 aliphatic carbocycles. The summed E-state index contributed by atoms with van der Waals surface area (Å²) < 4.78 is 7.28. The Labute approximate surface area is 175 Å². The van der Waals surface area contributed by atoms with Crippen molar-refractivity contribution in [3.63, 3.8) is 0 Å². The lowest BCUT2D eigenvalue weighted by molar-refractivity contribution is 0.0853. The molecule has 0 bridgehead atoms. The quantitative estimate of drug-likeness (QED) is 0.776. The molecule has 2 N–H and O–H groups in total. The summed E-state index contributed by atoms with van der Waals surface area (Å²) in [5, 5.41) is 14.2. The largest absolute Gasteiger partial charge is 0.376 e. The number of nitrogens with one attached hydrogen (secondary N) is 2. The van der Waals surface area contributed by atoms with Gasteiger partial charge in [0.15, 0.2) is 5.69 Å². The maximum absolute atomic E-state index is 12.6. The monoisotopic (exact) mass is 412 g/mol. The van der Waals surface area contributed by atoms with E-state index in [0.29, 0.717) is 37.6 Å². The maximum atomic E-state index is 12.6. The zero-order valence-corrected chi connectivity index (χ0v) is 17.5. The van der Waals surface area contributed by atoms with Gasteiger partial charge in [-0.2, -0.15) is 0 Å². The Hall–Kier alpha value is -2.94. The molecule has 0 unspecified atom stereocenters. The highest BCUT2D eigenvalue weighted by Crippen LogP contribution is 2.26. The molecule has 2 aliphatic heterocycles. The van der Waals surface area contributed by atoms with Crippen LogP contribution in [0.2, 0.25) is 0 Å². The summed E-state index contributed by atoms with van der Waals surface area (Å²) in [7, 11) is 0. The fraction of sp³-hybridized carbons (Fsp3) is 0.524. The number of benzene rings is 1. The molecule has 2 aliphatic rings. The van der Waals surface area contributed by atoms with Crippen molar-refractivity contribution in [1.29, 1.82) is 0 Å². The van der Waals surface area contributed by atoms with E-state index in [1.165, 1.54) is 0 Å². The fourth-order valence-electron chi connectivity index (χ4n) is 4.09. The van der Waals surface area contributed by atoms with Crippen LogP contribution < -0.4 is 10.6 Å². The Morgan fingerprint density at radius 3 is 2.93 bits per heavy atom. The first-order valence-electron chi connectivity index (χ1n) is 10.5. The maximum Gasteiger partial charge on any atom is 0.317 e. The normalized spacial score (nSPS) is 18.2. The number of hydrogen-bond donors (Lipinski definition) is 2. The van der Waals surface area contributed by atoms with Gasteiger partial charge in [0, 0.05) is 32.8 Å². The zero-order chi connectivity index (χ0) is 21.1. The van der Waals surface area contributed by atoms with Crippen LogP contribution >= 0.6 is 0 Å². The van der Waals surface area contributed by atoms with Gasteiger partial charge in [0.2, 0.25) is 0 Å². The van der Waals surface area contributed by atoms with Crippen molar-refractivity contribution < 1.29 is 14.3 Å². The van der Waals surface area contributed by atoms with Crippen molar-refractivity contribution in [1.82, 2.24) is 30.5 Å². The van der Waals surface area contributed by atoms with Gasteiger partial charge in [-0.25, -0.2) is 9.48 Å². The van der Waals surface area contributed by atoms with Crippen molar-refractivity contribution in [2.45, 2.75) is 45.8 Å². The zero-order valence-electron chi connectivity index (χ0n) is 17.5. The van der Waals surface area contributed by atoms with Crippen molar-refractivity contribution in [3.05, 3.63) is 40.7 Å². The number of aromatic nitrogens is 3. The number of ether oxygens (including phenoxy) is 1. The first-order chi connectivity index (χ1) is 14.6. The first-order valence-corrected chi connectivity index (χ1v) is 10.5. The lowest BCUT2D eigenvalue weighted by Crippen LogP contribution is -2.42. The molecule has 4 rings (SSSR count). The van der Waals surface area contributed by atoms with E-state index in [1.54, 1.807) is 4.68 Å². The molecule has 3 amide bonds. The van der Waals surface area contributed by atoms with Gasteiger partial charge in [-0.3, -0.25) is 4.79 Å². The van der Waals surface area contributed by atoms with Crippen molar-refractivity contribution in [3.8, 4) is 5.69 Å². The average molecular weight is 412 g/mol. The van der Waals surface area contributed by atoms with Gasteiger partial charge in [0.1, 0.15) is 0 Å². The van der Waals surface area contributed by atoms with Crippen LogP contribution in [0.15, 0.2) is 18.2 Å². The smallest absolute Gasteiger partial charge is 0.317 e. The molecule has 1 aromatic heterocycles. The lowest BCUT2D eigenvalue weighted by atomic mass is 9.98. The van der Waals surface area contributed by atoms with Crippen molar-refractivity contribution >= 4 is 11.9 Å². The molecule has 0 saturated carbocycles. The molecule has 30 heavy (non-hydrogen) atoms. The summed E-state index contributed by atoms with van der Waals surface area (Å²) in [6.07, 6.45) is 2.81. The minimum atomic E-state index is -0.235. The molecule has 0 spiro atoms. The SMILES string of the molecule is CCNC(=O)N1CCc2c(cccc2-n2nnc(C(=O)NC[C@H]3CCCO3)c2C)C1. The molecule has 1 aromatic carbocycles. The summed E-state index contributed by atoms with van der Waals surface area (Å²) in [6.45, 7) is 6.81. The van der Waals surface area contributed by atoms with E-state index in [0.717, 1.165) is 42.7 Å². The van der Waals surface area contributed by atoms with Crippen molar-refractivity contribution in [2.75, 3.05) is 26.2 Å². The van der Waals surface area contributed by atoms with Crippen LogP contribution in [0.3, 0.4) is 0 Å². The Morgan fingerprint density at radius 2 is 2.17 bits per heavy atom. The Bertz CT molecular complexity index is 935. The van der Waals surface area contributed by atoms with E-state index in [1.807, 2.05) is 36.9 Å². The second-order valence-electron chi connectivity index (χ2n) is 7.70. The molecule has 160 valence electrons. The third-order valence-electron chi connectivity index (χ3n) is 5.71. The molecular formula is C21H28N6O3. The van der Waals surface area contributed by atoms with E-state index < -0.39 is 0 Å². The van der Waals surface area contributed by atoms with E-state index in [9.17, 15) is 9.59 Å². The highest BCUT2D eigenvalue weighted by molar-refractivity contribution is 5.93. The third kappa shape index (κ3) is 4.02. The molecule has 1 fully saturated rings. The lowest BCUT2D eigenvalue weighted by Gasteiger charge is -2.30. The number of amides is 3. The molecule has 1 saturated heterocycles. The van der Waals surface area contributed by atoms with Gasteiger partial charge in [0.25, 0.3) is 5.91 Å². The second-order valence-corrected chi connectivity index (χ2v) is 7.70. The Kier molecular flexibility index (Phi) is 5.98. The standard InChI is InChI=1S/C21H28N6O3/c1-3-22-21(29)26-10-9-17-15(13-26)6-4-8-18(17)27-14(2)19(24-25-27)20(28)23-12-16-7-5-11-30-16/h4,6,8,16H,3,5,7,9-13H2,1-2H3,(H,22,29)(H,23,28)/t16-/m1/s1. The number of urea groups is 1. The fourth-order valence-corrected chi connectivity index (χ4v) is 4.09. The Morgan fingerprint density at radius 1 is 1.30 bits per heavy atom. The van der Waals surface area contributed by atoms with E-state index in [4.69, 9.17) is 4.74 Å². The van der Waals surface area contributed by atoms with Gasteiger partial charge in [-0.1, -0.05) is 17.3 Å². The molecule has 0 radical (unpaired) electrons. The highest BCUT2D eigenvalue weighted by atomic mass is 16.5. The number of fused-ring (bicyclic) bond motifs is 1. The molecule has 9 nitrogen and oxygen atoms in total. The second kappa shape index (κ2) is 8.83. The molecular weight excluding hydrogens is 384 g/mol. The van der Waals surface area contributed by atoms with Crippen LogP contribution in [0.1, 0.15) is 47.1 Å². The number of hydrogen-bond acceptors (Lipinski definition) is 5. The average Bonchev–Trinajstić information content (AvgIpc) is 3.41.